The van der Waals surface area contributed by atoms with Crippen LogP contribution in [0.3, 0.4) is 0 Å². The number of rotatable bonds is 2. The molecule has 4 nitrogen and oxygen atoms in total. The number of guanidine groups is 1. The molecule has 0 aromatic heterocycles. The van der Waals surface area contributed by atoms with Crippen LogP contribution in [-0.4, -0.2) is 29.1 Å². The number of likely N-dealkylation sites (tertiary alicyclic amines) is 1. The number of phenols is 1. The summed E-state index contributed by atoms with van der Waals surface area (Å²) in [5.41, 5.74) is 9.77. The van der Waals surface area contributed by atoms with Crippen molar-refractivity contribution in [2.24, 2.45) is 10.7 Å². The fraction of sp³-hybridized carbons (Fsp3) is 0.588. The van der Waals surface area contributed by atoms with Crippen molar-refractivity contribution in [1.29, 1.82) is 0 Å². The minimum atomic E-state index is 0.367. The molecule has 0 spiro atoms. The second-order valence-electron chi connectivity index (χ2n) is 6.13. The molecule has 21 heavy (non-hydrogen) atoms. The lowest BCUT2D eigenvalue weighted by Crippen LogP contribution is -2.40. The second kappa shape index (κ2) is 6.37. The van der Waals surface area contributed by atoms with Crippen LogP contribution in [0, 0.1) is 0 Å². The minimum Gasteiger partial charge on any atom is -0.508 e. The number of fused-ring (bicyclic) bond motifs is 1. The van der Waals surface area contributed by atoms with Gasteiger partial charge in [-0.1, -0.05) is 6.07 Å². The largest absolute Gasteiger partial charge is 0.508 e. The van der Waals surface area contributed by atoms with Crippen molar-refractivity contribution < 1.29 is 5.11 Å². The quantitative estimate of drug-likeness (QED) is 0.649. The monoisotopic (exact) mass is 287 g/mol. The Hall–Kier alpha value is -1.71. The number of hydrogen-bond donors (Lipinski definition) is 2. The van der Waals surface area contributed by atoms with Gasteiger partial charge < -0.3 is 15.7 Å². The molecule has 1 heterocycles. The van der Waals surface area contributed by atoms with Gasteiger partial charge in [0.05, 0.1) is 6.54 Å². The molecule has 4 heteroatoms. The molecule has 0 bridgehead atoms. The predicted molar refractivity (Wildman–Crippen MR) is 85.5 cm³/mol. The summed E-state index contributed by atoms with van der Waals surface area (Å²) in [6.45, 7) is 2.51. The molecular formula is C17H25N3O. The third-order valence-electron chi connectivity index (χ3n) is 4.71. The van der Waals surface area contributed by atoms with E-state index < -0.39 is 0 Å². The zero-order valence-corrected chi connectivity index (χ0v) is 12.6. The first-order chi connectivity index (χ1) is 10.3. The van der Waals surface area contributed by atoms with Gasteiger partial charge in [-0.2, -0.15) is 0 Å². The average Bonchev–Trinajstić information content (AvgIpc) is 2.54. The Balaban J connectivity index is 1.78. The first kappa shape index (κ1) is 14.2. The SMILES string of the molecule is NC(=NCc1c(O)ccc2c1CCCC2)N1CCCCC1. The molecule has 0 atom stereocenters. The van der Waals surface area contributed by atoms with Gasteiger partial charge in [0.15, 0.2) is 5.96 Å². The summed E-state index contributed by atoms with van der Waals surface area (Å²) in [7, 11) is 0. The van der Waals surface area contributed by atoms with Crippen LogP contribution in [0.15, 0.2) is 17.1 Å². The highest BCUT2D eigenvalue weighted by Crippen LogP contribution is 2.31. The molecule has 1 aromatic carbocycles. The Morgan fingerprint density at radius 2 is 1.86 bits per heavy atom. The lowest BCUT2D eigenvalue weighted by molar-refractivity contribution is 0.338. The van der Waals surface area contributed by atoms with E-state index in [1.165, 1.54) is 43.2 Å². The number of aliphatic imine (C=N–C) groups is 1. The first-order valence-corrected chi connectivity index (χ1v) is 8.13. The second-order valence-corrected chi connectivity index (χ2v) is 6.13. The van der Waals surface area contributed by atoms with Crippen molar-refractivity contribution in [3.63, 3.8) is 0 Å². The minimum absolute atomic E-state index is 0.367. The van der Waals surface area contributed by atoms with Gasteiger partial charge in [0, 0.05) is 18.7 Å². The third-order valence-corrected chi connectivity index (χ3v) is 4.71. The van der Waals surface area contributed by atoms with Gasteiger partial charge in [-0.25, -0.2) is 4.99 Å². The molecule has 114 valence electrons. The van der Waals surface area contributed by atoms with E-state index in [0.717, 1.165) is 31.5 Å². The summed E-state index contributed by atoms with van der Waals surface area (Å²) < 4.78 is 0. The van der Waals surface area contributed by atoms with E-state index in [-0.39, 0.29) is 0 Å². The van der Waals surface area contributed by atoms with Crippen LogP contribution in [0.1, 0.15) is 48.8 Å². The maximum absolute atomic E-state index is 10.2. The highest BCUT2D eigenvalue weighted by molar-refractivity contribution is 5.78. The molecular weight excluding hydrogens is 262 g/mol. The molecule has 1 aliphatic carbocycles. The number of aryl methyl sites for hydroxylation is 1. The summed E-state index contributed by atoms with van der Waals surface area (Å²) in [6.07, 6.45) is 8.30. The Bertz CT molecular complexity index is 533. The van der Waals surface area contributed by atoms with Gasteiger partial charge in [-0.3, -0.25) is 0 Å². The molecule has 0 radical (unpaired) electrons. The lowest BCUT2D eigenvalue weighted by atomic mass is 9.88. The number of phenolic OH excluding ortho intramolecular Hbond substituents is 1. The standard InChI is InChI=1S/C17H25N3O/c18-17(20-10-4-1-5-11-20)19-12-15-14-7-3-2-6-13(14)8-9-16(15)21/h8-9,21H,1-7,10-12H2,(H2,18,19). The van der Waals surface area contributed by atoms with Crippen LogP contribution >= 0.6 is 0 Å². The van der Waals surface area contributed by atoms with Crippen molar-refractivity contribution in [1.82, 2.24) is 4.90 Å². The normalized spacial score (nSPS) is 19.4. The lowest BCUT2D eigenvalue weighted by Gasteiger charge is -2.27. The number of nitrogens with zero attached hydrogens (tertiary/aromatic N) is 2. The third kappa shape index (κ3) is 3.14. The zero-order chi connectivity index (χ0) is 14.7. The summed E-state index contributed by atoms with van der Waals surface area (Å²) in [5, 5.41) is 10.2. The van der Waals surface area contributed by atoms with Crippen molar-refractivity contribution >= 4 is 5.96 Å². The number of benzene rings is 1. The molecule has 0 amide bonds. The van der Waals surface area contributed by atoms with E-state index in [0.29, 0.717) is 18.3 Å². The van der Waals surface area contributed by atoms with Gasteiger partial charge in [-0.05, 0) is 62.1 Å². The van der Waals surface area contributed by atoms with E-state index in [9.17, 15) is 5.11 Å². The predicted octanol–water partition coefficient (Wildman–Crippen LogP) is 2.57. The van der Waals surface area contributed by atoms with Gasteiger partial charge in [0.1, 0.15) is 5.75 Å². The molecule has 1 aromatic rings. The van der Waals surface area contributed by atoms with Crippen LogP contribution in [0.2, 0.25) is 0 Å². The van der Waals surface area contributed by atoms with Crippen LogP contribution in [0.4, 0.5) is 0 Å². The van der Waals surface area contributed by atoms with Crippen molar-refractivity contribution in [2.75, 3.05) is 13.1 Å². The maximum Gasteiger partial charge on any atom is 0.191 e. The van der Waals surface area contributed by atoms with E-state index >= 15 is 0 Å². The average molecular weight is 287 g/mol. The smallest absolute Gasteiger partial charge is 0.191 e. The zero-order valence-electron chi connectivity index (χ0n) is 12.6. The molecule has 0 saturated carbocycles. The first-order valence-electron chi connectivity index (χ1n) is 8.13. The summed E-state index contributed by atoms with van der Waals surface area (Å²) in [4.78, 5) is 6.71. The molecule has 1 fully saturated rings. The molecule has 3 rings (SSSR count). The van der Waals surface area contributed by atoms with E-state index in [4.69, 9.17) is 5.73 Å². The van der Waals surface area contributed by atoms with Crippen molar-refractivity contribution in [3.05, 3.63) is 28.8 Å². The van der Waals surface area contributed by atoms with Crippen molar-refractivity contribution in [2.45, 2.75) is 51.5 Å². The fourth-order valence-corrected chi connectivity index (χ4v) is 3.45. The van der Waals surface area contributed by atoms with Crippen LogP contribution < -0.4 is 5.73 Å². The molecule has 1 saturated heterocycles. The Morgan fingerprint density at radius 3 is 2.67 bits per heavy atom. The van der Waals surface area contributed by atoms with E-state index in [2.05, 4.69) is 16.0 Å². The maximum atomic E-state index is 10.2. The Labute approximate surface area is 126 Å². The highest BCUT2D eigenvalue weighted by atomic mass is 16.3. The van der Waals surface area contributed by atoms with Gasteiger partial charge in [0.25, 0.3) is 0 Å². The number of aromatic hydroxyl groups is 1. The van der Waals surface area contributed by atoms with Crippen LogP contribution in [0.25, 0.3) is 0 Å². The number of nitrogens with two attached hydrogens (primary N) is 1. The summed E-state index contributed by atoms with van der Waals surface area (Å²) in [6, 6.07) is 3.87. The molecule has 2 aliphatic rings. The topological polar surface area (TPSA) is 61.9 Å². The summed E-state index contributed by atoms with van der Waals surface area (Å²) in [5.74, 6) is 0.994. The van der Waals surface area contributed by atoms with Gasteiger partial charge in [-0.15, -0.1) is 0 Å². The fourth-order valence-electron chi connectivity index (χ4n) is 3.45. The Morgan fingerprint density at radius 1 is 1.10 bits per heavy atom. The highest BCUT2D eigenvalue weighted by Gasteiger charge is 2.17. The molecule has 0 unspecified atom stereocenters. The van der Waals surface area contributed by atoms with E-state index in [1.54, 1.807) is 0 Å². The van der Waals surface area contributed by atoms with Crippen molar-refractivity contribution in [3.8, 4) is 5.75 Å². The molecule has 1 aliphatic heterocycles. The number of hydrogen-bond acceptors (Lipinski definition) is 2. The summed E-state index contributed by atoms with van der Waals surface area (Å²) >= 11 is 0. The van der Waals surface area contributed by atoms with Crippen LogP contribution in [0.5, 0.6) is 5.75 Å². The van der Waals surface area contributed by atoms with Gasteiger partial charge in [0.2, 0.25) is 0 Å². The van der Waals surface area contributed by atoms with Gasteiger partial charge >= 0.3 is 0 Å². The molecule has 3 N–H and O–H groups in total. The van der Waals surface area contributed by atoms with Crippen LogP contribution in [-0.2, 0) is 19.4 Å². The number of piperidine rings is 1. The van der Waals surface area contributed by atoms with E-state index in [1.807, 2.05) is 6.07 Å². The Kier molecular flexibility index (Phi) is 4.32.